The molecule has 0 fully saturated rings. The summed E-state index contributed by atoms with van der Waals surface area (Å²) in [6.07, 6.45) is 5.01. The van der Waals surface area contributed by atoms with Gasteiger partial charge in [-0.3, -0.25) is 9.78 Å². The van der Waals surface area contributed by atoms with Crippen molar-refractivity contribution in [2.75, 3.05) is 5.32 Å². The number of pyridine rings is 2. The summed E-state index contributed by atoms with van der Waals surface area (Å²) < 4.78 is 5.80. The minimum absolute atomic E-state index is 0.163. The van der Waals surface area contributed by atoms with Gasteiger partial charge < -0.3 is 15.4 Å². The molecule has 30 heavy (non-hydrogen) atoms. The van der Waals surface area contributed by atoms with Crippen LogP contribution in [0.5, 0.6) is 11.5 Å². The monoisotopic (exact) mass is 396 g/mol. The van der Waals surface area contributed by atoms with Crippen molar-refractivity contribution in [3.05, 3.63) is 109 Å². The normalized spacial score (nSPS) is 10.3. The second kappa shape index (κ2) is 9.34. The smallest absolute Gasteiger partial charge is 0.251 e. The molecular formula is C24H20N4O2. The number of amides is 1. The van der Waals surface area contributed by atoms with Crippen molar-refractivity contribution in [2.24, 2.45) is 0 Å². The summed E-state index contributed by atoms with van der Waals surface area (Å²) in [5.74, 6) is 1.95. The number of anilines is 2. The van der Waals surface area contributed by atoms with E-state index in [4.69, 9.17) is 4.74 Å². The molecule has 4 rings (SSSR count). The first kappa shape index (κ1) is 19.1. The van der Waals surface area contributed by atoms with Crippen LogP contribution in [0.3, 0.4) is 0 Å². The van der Waals surface area contributed by atoms with E-state index in [0.717, 1.165) is 22.7 Å². The first-order chi connectivity index (χ1) is 14.8. The highest BCUT2D eigenvalue weighted by atomic mass is 16.5. The lowest BCUT2D eigenvalue weighted by molar-refractivity contribution is 0.0951. The van der Waals surface area contributed by atoms with Crippen LogP contribution < -0.4 is 15.4 Å². The second-order valence-electron chi connectivity index (χ2n) is 6.53. The first-order valence-electron chi connectivity index (χ1n) is 9.49. The van der Waals surface area contributed by atoms with Gasteiger partial charge in [-0.05, 0) is 66.2 Å². The maximum absolute atomic E-state index is 12.4. The van der Waals surface area contributed by atoms with Gasteiger partial charge in [-0.25, -0.2) is 4.98 Å². The van der Waals surface area contributed by atoms with Gasteiger partial charge in [0.1, 0.15) is 17.3 Å². The fourth-order valence-corrected chi connectivity index (χ4v) is 2.80. The number of carbonyl (C=O) groups is 1. The van der Waals surface area contributed by atoms with Crippen LogP contribution in [0.2, 0.25) is 0 Å². The Morgan fingerprint density at radius 1 is 0.833 bits per heavy atom. The molecule has 0 bridgehead atoms. The van der Waals surface area contributed by atoms with Gasteiger partial charge in [0.05, 0.1) is 0 Å². The van der Waals surface area contributed by atoms with E-state index in [-0.39, 0.29) is 5.91 Å². The molecule has 1 amide bonds. The molecule has 0 atom stereocenters. The number of aromatic nitrogens is 2. The predicted molar refractivity (Wildman–Crippen MR) is 116 cm³/mol. The Kier molecular flexibility index (Phi) is 5.96. The molecule has 2 aromatic heterocycles. The van der Waals surface area contributed by atoms with Crippen LogP contribution in [0.1, 0.15) is 15.9 Å². The highest BCUT2D eigenvalue weighted by Crippen LogP contribution is 2.24. The van der Waals surface area contributed by atoms with Gasteiger partial charge in [0, 0.05) is 36.4 Å². The van der Waals surface area contributed by atoms with Crippen LogP contribution in [0.4, 0.5) is 11.5 Å². The fraction of sp³-hybridized carbons (Fsp3) is 0.0417. The van der Waals surface area contributed by atoms with Crippen molar-refractivity contribution in [1.29, 1.82) is 0 Å². The molecule has 0 saturated carbocycles. The standard InChI is InChI=1S/C24H20N4O2/c29-24(27-17-18-10-13-25-14-11-18)19-12-15-26-23(16-19)28-20-6-8-22(9-7-20)30-21-4-2-1-3-5-21/h1-16H,17H2,(H,26,28)(H,27,29). The average molecular weight is 396 g/mol. The molecule has 0 aliphatic carbocycles. The zero-order chi connectivity index (χ0) is 20.6. The molecule has 148 valence electrons. The van der Waals surface area contributed by atoms with Crippen LogP contribution in [-0.4, -0.2) is 15.9 Å². The van der Waals surface area contributed by atoms with Crippen LogP contribution in [0.15, 0.2) is 97.5 Å². The molecule has 0 aliphatic rings. The van der Waals surface area contributed by atoms with Crippen LogP contribution >= 0.6 is 0 Å². The second-order valence-corrected chi connectivity index (χ2v) is 6.53. The van der Waals surface area contributed by atoms with Gasteiger partial charge in [0.15, 0.2) is 0 Å². The summed E-state index contributed by atoms with van der Waals surface area (Å²) in [6, 6.07) is 24.3. The summed E-state index contributed by atoms with van der Waals surface area (Å²) >= 11 is 0. The molecule has 0 spiro atoms. The Hall–Kier alpha value is -4.19. The number of hydrogen-bond acceptors (Lipinski definition) is 5. The van der Waals surface area contributed by atoms with Crippen molar-refractivity contribution in [2.45, 2.75) is 6.54 Å². The average Bonchev–Trinajstić information content (AvgIpc) is 2.80. The number of para-hydroxylation sites is 1. The summed E-state index contributed by atoms with van der Waals surface area (Å²) in [5, 5.41) is 6.11. The topological polar surface area (TPSA) is 76.1 Å². The van der Waals surface area contributed by atoms with Crippen molar-refractivity contribution in [1.82, 2.24) is 15.3 Å². The third-order valence-electron chi connectivity index (χ3n) is 4.33. The minimum Gasteiger partial charge on any atom is -0.457 e. The van der Waals surface area contributed by atoms with E-state index in [1.807, 2.05) is 66.7 Å². The SMILES string of the molecule is O=C(NCc1ccncc1)c1ccnc(Nc2ccc(Oc3ccccc3)cc2)c1. The zero-order valence-corrected chi connectivity index (χ0v) is 16.2. The number of benzene rings is 2. The van der Waals surface area contributed by atoms with Gasteiger partial charge >= 0.3 is 0 Å². The Morgan fingerprint density at radius 2 is 1.57 bits per heavy atom. The Morgan fingerprint density at radius 3 is 2.33 bits per heavy atom. The summed E-state index contributed by atoms with van der Waals surface area (Å²) in [6.45, 7) is 0.440. The van der Waals surface area contributed by atoms with Gasteiger partial charge in [-0.2, -0.15) is 0 Å². The van der Waals surface area contributed by atoms with Crippen LogP contribution in [-0.2, 0) is 6.54 Å². The van der Waals surface area contributed by atoms with E-state index in [1.54, 1.807) is 30.7 Å². The number of hydrogen-bond donors (Lipinski definition) is 2. The molecule has 0 aliphatic heterocycles. The molecule has 6 heteroatoms. The Balaban J connectivity index is 1.37. The number of carbonyl (C=O) groups excluding carboxylic acids is 1. The fourth-order valence-electron chi connectivity index (χ4n) is 2.80. The van der Waals surface area contributed by atoms with Crippen molar-refractivity contribution < 1.29 is 9.53 Å². The van der Waals surface area contributed by atoms with Crippen LogP contribution in [0.25, 0.3) is 0 Å². The van der Waals surface area contributed by atoms with E-state index in [0.29, 0.717) is 17.9 Å². The molecule has 6 nitrogen and oxygen atoms in total. The number of nitrogens with one attached hydrogen (secondary N) is 2. The lowest BCUT2D eigenvalue weighted by Gasteiger charge is -2.10. The van der Waals surface area contributed by atoms with Crippen LogP contribution in [0, 0.1) is 0 Å². The highest BCUT2D eigenvalue weighted by molar-refractivity contribution is 5.94. The number of ether oxygens (including phenoxy) is 1. The lowest BCUT2D eigenvalue weighted by Crippen LogP contribution is -2.22. The van der Waals surface area contributed by atoms with Gasteiger partial charge in [0.25, 0.3) is 5.91 Å². The maximum atomic E-state index is 12.4. The molecule has 2 N–H and O–H groups in total. The largest absolute Gasteiger partial charge is 0.457 e. The molecule has 4 aromatic rings. The first-order valence-corrected chi connectivity index (χ1v) is 9.49. The van der Waals surface area contributed by atoms with E-state index in [1.165, 1.54) is 0 Å². The quantitative estimate of drug-likeness (QED) is 0.463. The van der Waals surface area contributed by atoms with Gasteiger partial charge in [-0.15, -0.1) is 0 Å². The lowest BCUT2D eigenvalue weighted by atomic mass is 10.2. The van der Waals surface area contributed by atoms with E-state index in [2.05, 4.69) is 20.6 Å². The summed E-state index contributed by atoms with van der Waals surface area (Å²) in [7, 11) is 0. The third kappa shape index (κ3) is 5.20. The van der Waals surface area contributed by atoms with E-state index < -0.39 is 0 Å². The molecule has 0 unspecified atom stereocenters. The molecule has 2 aromatic carbocycles. The Labute approximate surface area is 174 Å². The molecule has 2 heterocycles. The minimum atomic E-state index is -0.163. The number of rotatable bonds is 7. The predicted octanol–water partition coefficient (Wildman–Crippen LogP) is 4.94. The molecule has 0 saturated heterocycles. The molecule has 0 radical (unpaired) electrons. The summed E-state index contributed by atoms with van der Waals surface area (Å²) in [5.41, 5.74) is 2.37. The van der Waals surface area contributed by atoms with Gasteiger partial charge in [-0.1, -0.05) is 18.2 Å². The van der Waals surface area contributed by atoms with Gasteiger partial charge in [0.2, 0.25) is 0 Å². The molecular weight excluding hydrogens is 376 g/mol. The third-order valence-corrected chi connectivity index (χ3v) is 4.33. The van der Waals surface area contributed by atoms with Crippen molar-refractivity contribution in [3.8, 4) is 11.5 Å². The number of nitrogens with zero attached hydrogens (tertiary/aromatic N) is 2. The van der Waals surface area contributed by atoms with Crippen molar-refractivity contribution in [3.63, 3.8) is 0 Å². The van der Waals surface area contributed by atoms with Crippen molar-refractivity contribution >= 4 is 17.4 Å². The van der Waals surface area contributed by atoms with E-state index >= 15 is 0 Å². The van der Waals surface area contributed by atoms with E-state index in [9.17, 15) is 4.79 Å². The summed E-state index contributed by atoms with van der Waals surface area (Å²) in [4.78, 5) is 20.7. The maximum Gasteiger partial charge on any atom is 0.251 e. The highest BCUT2D eigenvalue weighted by Gasteiger charge is 2.07. The zero-order valence-electron chi connectivity index (χ0n) is 16.2. The Bertz CT molecular complexity index is 1100.